The molecule has 0 aromatic heterocycles. The summed E-state index contributed by atoms with van der Waals surface area (Å²) in [6, 6.07) is -0.171. The zero-order valence-corrected chi connectivity index (χ0v) is 11.0. The zero-order valence-electron chi connectivity index (χ0n) is 8.07. The normalized spacial score (nSPS) is 32.6. The first-order valence-corrected chi connectivity index (χ1v) is 5.74. The average molecular weight is 321 g/mol. The van der Waals surface area contributed by atoms with Gasteiger partial charge in [0.2, 0.25) is 0 Å². The summed E-state index contributed by atoms with van der Waals surface area (Å²) < 4.78 is 22.8. The van der Waals surface area contributed by atoms with Crippen LogP contribution < -0.4 is 24.0 Å². The minimum absolute atomic E-state index is 0. The molecule has 0 radical (unpaired) electrons. The van der Waals surface area contributed by atoms with Gasteiger partial charge in [-0.1, -0.05) is 0 Å². The van der Waals surface area contributed by atoms with Gasteiger partial charge >= 0.3 is 0 Å². The highest BCUT2D eigenvalue weighted by Crippen LogP contribution is 2.19. The van der Waals surface area contributed by atoms with E-state index in [-0.39, 0.29) is 41.5 Å². The van der Waals surface area contributed by atoms with Crippen molar-refractivity contribution in [3.8, 4) is 0 Å². The molecule has 1 saturated heterocycles. The van der Waals surface area contributed by atoms with Crippen molar-refractivity contribution in [2.75, 3.05) is 32.6 Å². The third-order valence-corrected chi connectivity index (χ3v) is 3.99. The lowest BCUT2D eigenvalue weighted by Gasteiger charge is -2.32. The van der Waals surface area contributed by atoms with Crippen molar-refractivity contribution in [1.82, 2.24) is 0 Å². The van der Waals surface area contributed by atoms with E-state index < -0.39 is 15.9 Å². The van der Waals surface area contributed by atoms with Gasteiger partial charge in [-0.25, -0.2) is 8.42 Å². The van der Waals surface area contributed by atoms with E-state index in [1.807, 2.05) is 21.1 Å². The molecule has 0 bridgehead atoms. The Labute approximate surface area is 96.5 Å². The Morgan fingerprint density at radius 2 is 1.69 bits per heavy atom. The highest BCUT2D eigenvalue weighted by atomic mass is 127. The summed E-state index contributed by atoms with van der Waals surface area (Å²) in [5.74, 6) is 0.0326. The third-order valence-electron chi connectivity index (χ3n) is 2.29. The van der Waals surface area contributed by atoms with E-state index in [1.165, 1.54) is 0 Å². The largest absolute Gasteiger partial charge is 1.00 e. The molecule has 2 unspecified atom stereocenters. The number of nitrogens with zero attached hydrogens (tertiary/aromatic N) is 1. The standard InChI is InChI=1S/C7H16NO3S.HI/c1-8(2,3)6-4-12(10,11)5-7(6)9;/h6-7,9H,4-5H2,1-3H3;1H/q+1;/p-1. The van der Waals surface area contributed by atoms with Crippen LogP contribution in [0.1, 0.15) is 0 Å². The number of aliphatic hydroxyl groups excluding tert-OH is 1. The van der Waals surface area contributed by atoms with Crippen molar-refractivity contribution in [3.63, 3.8) is 0 Å². The summed E-state index contributed by atoms with van der Waals surface area (Å²) >= 11 is 0. The molecule has 0 aromatic rings. The van der Waals surface area contributed by atoms with Crippen LogP contribution in [0.15, 0.2) is 0 Å². The van der Waals surface area contributed by atoms with Crippen molar-refractivity contribution in [2.24, 2.45) is 0 Å². The zero-order chi connectivity index (χ0) is 9.57. The van der Waals surface area contributed by atoms with Crippen molar-refractivity contribution in [1.29, 1.82) is 0 Å². The van der Waals surface area contributed by atoms with Crippen LogP contribution >= 0.6 is 0 Å². The van der Waals surface area contributed by atoms with Crippen LogP contribution in [0.5, 0.6) is 0 Å². The minimum atomic E-state index is -2.99. The maximum Gasteiger partial charge on any atom is 0.159 e. The molecule has 1 aliphatic rings. The molecule has 80 valence electrons. The number of quaternary nitrogens is 1. The molecular weight excluding hydrogens is 305 g/mol. The molecular formula is C7H16INO3S. The van der Waals surface area contributed by atoms with Gasteiger partial charge in [-0.3, -0.25) is 0 Å². The van der Waals surface area contributed by atoms with Crippen LogP contribution in [0.3, 0.4) is 0 Å². The quantitative estimate of drug-likeness (QED) is 0.394. The summed E-state index contributed by atoms with van der Waals surface area (Å²) in [5.41, 5.74) is 0. The lowest BCUT2D eigenvalue weighted by Crippen LogP contribution is -3.00. The summed E-state index contributed by atoms with van der Waals surface area (Å²) in [5, 5.41) is 9.47. The number of aliphatic hydroxyl groups is 1. The number of sulfone groups is 1. The molecule has 0 aromatic carbocycles. The molecule has 6 heteroatoms. The maximum absolute atomic E-state index is 11.1. The van der Waals surface area contributed by atoms with Crippen LogP contribution in [-0.4, -0.2) is 62.8 Å². The monoisotopic (exact) mass is 321 g/mol. The Morgan fingerprint density at radius 3 is 1.85 bits per heavy atom. The fraction of sp³-hybridized carbons (Fsp3) is 1.00. The molecule has 0 amide bonds. The van der Waals surface area contributed by atoms with Gasteiger partial charge in [0.15, 0.2) is 9.84 Å². The third kappa shape index (κ3) is 3.34. The Balaban J connectivity index is 0.00000144. The molecule has 4 nitrogen and oxygen atoms in total. The number of hydrogen-bond acceptors (Lipinski definition) is 3. The molecule has 13 heavy (non-hydrogen) atoms. The van der Waals surface area contributed by atoms with E-state index in [4.69, 9.17) is 0 Å². The number of hydrogen-bond donors (Lipinski definition) is 1. The Kier molecular flexibility index (Phi) is 4.18. The Bertz CT molecular complexity index is 270. The molecule has 2 atom stereocenters. The number of rotatable bonds is 1. The van der Waals surface area contributed by atoms with Gasteiger partial charge < -0.3 is 33.6 Å². The number of likely N-dealkylation sites (N-methyl/N-ethyl adjacent to an activating group) is 1. The van der Waals surface area contributed by atoms with E-state index in [1.54, 1.807) is 0 Å². The van der Waals surface area contributed by atoms with E-state index >= 15 is 0 Å². The molecule has 1 heterocycles. The van der Waals surface area contributed by atoms with E-state index in [0.717, 1.165) is 0 Å². The Hall–Kier alpha value is 0.600. The van der Waals surface area contributed by atoms with Crippen LogP contribution in [0.4, 0.5) is 0 Å². The molecule has 0 spiro atoms. The predicted molar refractivity (Wildman–Crippen MR) is 46.5 cm³/mol. The highest BCUT2D eigenvalue weighted by Gasteiger charge is 2.44. The topological polar surface area (TPSA) is 54.4 Å². The second-order valence-corrected chi connectivity index (χ2v) is 6.48. The first-order chi connectivity index (χ1) is 5.22. The lowest BCUT2D eigenvalue weighted by atomic mass is 10.2. The molecule has 1 rings (SSSR count). The maximum atomic E-state index is 11.1. The fourth-order valence-electron chi connectivity index (χ4n) is 1.55. The highest BCUT2D eigenvalue weighted by molar-refractivity contribution is 7.91. The minimum Gasteiger partial charge on any atom is -1.00 e. The second kappa shape index (κ2) is 4.00. The lowest BCUT2D eigenvalue weighted by molar-refractivity contribution is -0.896. The van der Waals surface area contributed by atoms with Gasteiger partial charge in [-0.2, -0.15) is 0 Å². The summed E-state index contributed by atoms with van der Waals surface area (Å²) in [6.07, 6.45) is -0.699. The first kappa shape index (κ1) is 13.6. The fourth-order valence-corrected chi connectivity index (χ4v) is 3.62. The van der Waals surface area contributed by atoms with Crippen molar-refractivity contribution in [3.05, 3.63) is 0 Å². The number of halogens is 1. The Morgan fingerprint density at radius 1 is 1.23 bits per heavy atom. The summed E-state index contributed by atoms with van der Waals surface area (Å²) in [6.45, 7) is 0. The van der Waals surface area contributed by atoms with E-state index in [2.05, 4.69) is 0 Å². The molecule has 0 saturated carbocycles. The predicted octanol–water partition coefficient (Wildman–Crippen LogP) is -4.15. The molecule has 1 N–H and O–H groups in total. The van der Waals surface area contributed by atoms with Crippen LogP contribution in [0.25, 0.3) is 0 Å². The SMILES string of the molecule is C[N+](C)(C)C1CS(=O)(=O)CC1O.[I-]. The van der Waals surface area contributed by atoms with E-state index in [9.17, 15) is 13.5 Å². The first-order valence-electron chi connectivity index (χ1n) is 3.92. The second-order valence-electron chi connectivity index (χ2n) is 4.33. The van der Waals surface area contributed by atoms with Gasteiger partial charge in [-0.15, -0.1) is 0 Å². The molecule has 1 fully saturated rings. The molecule has 0 aliphatic carbocycles. The van der Waals surface area contributed by atoms with Gasteiger partial charge in [0, 0.05) is 0 Å². The van der Waals surface area contributed by atoms with Gasteiger partial charge in [0.05, 0.1) is 26.9 Å². The van der Waals surface area contributed by atoms with Gasteiger partial charge in [0.25, 0.3) is 0 Å². The van der Waals surface area contributed by atoms with Crippen LogP contribution in [0.2, 0.25) is 0 Å². The van der Waals surface area contributed by atoms with Crippen LogP contribution in [0, 0.1) is 0 Å². The summed E-state index contributed by atoms with van der Waals surface area (Å²) in [4.78, 5) is 0. The van der Waals surface area contributed by atoms with E-state index in [0.29, 0.717) is 4.48 Å². The average Bonchev–Trinajstić information content (AvgIpc) is 2.03. The van der Waals surface area contributed by atoms with Crippen LogP contribution in [-0.2, 0) is 9.84 Å². The van der Waals surface area contributed by atoms with Gasteiger partial charge in [0.1, 0.15) is 17.9 Å². The van der Waals surface area contributed by atoms with Crippen molar-refractivity contribution in [2.45, 2.75) is 12.1 Å². The smallest absolute Gasteiger partial charge is 0.159 e. The molecule has 1 aliphatic heterocycles. The van der Waals surface area contributed by atoms with Gasteiger partial charge in [-0.05, 0) is 0 Å². The van der Waals surface area contributed by atoms with Crippen molar-refractivity contribution < 1.29 is 42.0 Å². The summed E-state index contributed by atoms with van der Waals surface area (Å²) in [7, 11) is 2.70. The van der Waals surface area contributed by atoms with Crippen molar-refractivity contribution >= 4 is 9.84 Å².